The second-order valence-electron chi connectivity index (χ2n) is 6.24. The molecule has 2 rings (SSSR count). The van der Waals surface area contributed by atoms with Crippen LogP contribution in [-0.2, 0) is 6.42 Å². The summed E-state index contributed by atoms with van der Waals surface area (Å²) in [6.07, 6.45) is 7.71. The van der Waals surface area contributed by atoms with E-state index < -0.39 is 5.41 Å². The van der Waals surface area contributed by atoms with Gasteiger partial charge in [0.25, 0.3) is 0 Å². The summed E-state index contributed by atoms with van der Waals surface area (Å²) >= 11 is 0. The van der Waals surface area contributed by atoms with Crippen LogP contribution >= 0.6 is 0 Å². The molecule has 0 unspecified atom stereocenters. The van der Waals surface area contributed by atoms with Crippen LogP contribution < -0.4 is 0 Å². The van der Waals surface area contributed by atoms with Gasteiger partial charge in [-0.15, -0.1) is 0 Å². The molecule has 1 aliphatic carbocycles. The molecule has 2 N–H and O–H groups in total. The fourth-order valence-electron chi connectivity index (χ4n) is 2.94. The van der Waals surface area contributed by atoms with E-state index in [1.165, 1.54) is 25.7 Å². The maximum absolute atomic E-state index is 9.63. The molecule has 19 heavy (non-hydrogen) atoms. The van der Waals surface area contributed by atoms with E-state index in [0.29, 0.717) is 12.5 Å². The van der Waals surface area contributed by atoms with Crippen LogP contribution in [0.25, 0.3) is 0 Å². The molecule has 1 saturated carbocycles. The highest BCUT2D eigenvalue weighted by Gasteiger charge is 2.33. The number of aliphatic hydroxyl groups is 2. The molecule has 1 fully saturated rings. The third kappa shape index (κ3) is 3.00. The van der Waals surface area contributed by atoms with Crippen molar-refractivity contribution in [1.82, 2.24) is 9.78 Å². The number of rotatable bonds is 6. The van der Waals surface area contributed by atoms with Gasteiger partial charge in [-0.25, -0.2) is 0 Å². The molecule has 0 saturated heterocycles. The van der Waals surface area contributed by atoms with E-state index in [1.807, 2.05) is 26.1 Å². The fraction of sp³-hybridized carbons (Fsp3) is 0.800. The molecule has 0 atom stereocenters. The summed E-state index contributed by atoms with van der Waals surface area (Å²) in [5.74, 6) is 0.221. The van der Waals surface area contributed by atoms with E-state index in [9.17, 15) is 10.2 Å². The second-order valence-corrected chi connectivity index (χ2v) is 6.24. The smallest absolute Gasteiger partial charge is 0.0632 e. The summed E-state index contributed by atoms with van der Waals surface area (Å²) < 4.78 is 2.07. The van der Waals surface area contributed by atoms with E-state index in [1.54, 1.807) is 0 Å². The predicted molar refractivity (Wildman–Crippen MR) is 74.9 cm³/mol. The van der Waals surface area contributed by atoms with Crippen molar-refractivity contribution < 1.29 is 10.2 Å². The Bertz CT molecular complexity index is 391. The van der Waals surface area contributed by atoms with Crippen LogP contribution in [0.2, 0.25) is 0 Å². The summed E-state index contributed by atoms with van der Waals surface area (Å²) in [5.41, 5.74) is 0.512. The molecule has 1 aromatic rings. The van der Waals surface area contributed by atoms with Crippen molar-refractivity contribution in [3.05, 3.63) is 18.0 Å². The van der Waals surface area contributed by atoms with Gasteiger partial charge in [-0.3, -0.25) is 4.68 Å². The van der Waals surface area contributed by atoms with Crippen LogP contribution in [-0.4, -0.2) is 33.2 Å². The predicted octanol–water partition coefficient (Wildman–Crippen LogP) is 2.17. The van der Waals surface area contributed by atoms with E-state index in [4.69, 9.17) is 0 Å². The van der Waals surface area contributed by atoms with Crippen molar-refractivity contribution in [1.29, 1.82) is 0 Å². The lowest BCUT2D eigenvalue weighted by Crippen LogP contribution is -2.37. The summed E-state index contributed by atoms with van der Waals surface area (Å²) in [6, 6.07) is 2.58. The molecule has 0 amide bonds. The van der Waals surface area contributed by atoms with Crippen LogP contribution in [0.1, 0.15) is 51.3 Å². The van der Waals surface area contributed by atoms with Crippen LogP contribution in [0.4, 0.5) is 0 Å². The van der Waals surface area contributed by atoms with Gasteiger partial charge >= 0.3 is 0 Å². The number of aromatic nitrogens is 2. The van der Waals surface area contributed by atoms with Crippen molar-refractivity contribution in [3.63, 3.8) is 0 Å². The Morgan fingerprint density at radius 2 is 1.95 bits per heavy atom. The highest BCUT2D eigenvalue weighted by molar-refractivity contribution is 5.05. The van der Waals surface area contributed by atoms with E-state index in [2.05, 4.69) is 9.78 Å². The quantitative estimate of drug-likeness (QED) is 0.829. The van der Waals surface area contributed by atoms with Crippen molar-refractivity contribution >= 4 is 0 Å². The fourth-order valence-corrected chi connectivity index (χ4v) is 2.94. The highest BCUT2D eigenvalue weighted by atomic mass is 16.3. The Balaban J connectivity index is 2.09. The highest BCUT2D eigenvalue weighted by Crippen LogP contribution is 2.32. The van der Waals surface area contributed by atoms with Gasteiger partial charge in [-0.1, -0.05) is 26.7 Å². The molecule has 0 spiro atoms. The number of hydrogen-bond acceptors (Lipinski definition) is 3. The zero-order valence-corrected chi connectivity index (χ0v) is 12.0. The van der Waals surface area contributed by atoms with Crippen LogP contribution in [0.15, 0.2) is 12.3 Å². The number of aliphatic hydroxyl groups excluding tert-OH is 2. The number of nitrogens with zero attached hydrogens (tertiary/aromatic N) is 2. The van der Waals surface area contributed by atoms with Crippen molar-refractivity contribution in [3.8, 4) is 0 Å². The first kappa shape index (κ1) is 14.5. The Kier molecular flexibility index (Phi) is 4.63. The van der Waals surface area contributed by atoms with Crippen molar-refractivity contribution in [2.45, 2.75) is 52.0 Å². The minimum Gasteiger partial charge on any atom is -0.396 e. The zero-order chi connectivity index (χ0) is 13.9. The topological polar surface area (TPSA) is 58.3 Å². The summed E-state index contributed by atoms with van der Waals surface area (Å²) in [7, 11) is 0. The molecule has 4 heteroatoms. The Morgan fingerprint density at radius 3 is 2.47 bits per heavy atom. The SMILES string of the molecule is CC(C)C(CO)(CO)Cc1ccn(C2CCCC2)n1. The maximum Gasteiger partial charge on any atom is 0.0632 e. The van der Waals surface area contributed by atoms with E-state index in [0.717, 1.165) is 5.69 Å². The second kappa shape index (κ2) is 6.06. The lowest BCUT2D eigenvalue weighted by Gasteiger charge is -2.33. The van der Waals surface area contributed by atoms with Gasteiger partial charge in [0.05, 0.1) is 24.9 Å². The molecule has 0 bridgehead atoms. The Labute approximate surface area is 115 Å². The lowest BCUT2D eigenvalue weighted by molar-refractivity contribution is 0.0154. The molecule has 1 heterocycles. The third-order valence-electron chi connectivity index (χ3n) is 4.75. The monoisotopic (exact) mass is 266 g/mol. The van der Waals surface area contributed by atoms with Gasteiger partial charge in [0.15, 0.2) is 0 Å². The maximum atomic E-state index is 9.63. The zero-order valence-electron chi connectivity index (χ0n) is 12.0. The van der Waals surface area contributed by atoms with E-state index in [-0.39, 0.29) is 19.1 Å². The first-order valence-corrected chi connectivity index (χ1v) is 7.37. The average molecular weight is 266 g/mol. The Morgan fingerprint density at radius 1 is 1.32 bits per heavy atom. The van der Waals surface area contributed by atoms with Gasteiger partial charge < -0.3 is 10.2 Å². The van der Waals surface area contributed by atoms with E-state index >= 15 is 0 Å². The van der Waals surface area contributed by atoms with Gasteiger partial charge in [0.1, 0.15) is 0 Å². The summed E-state index contributed by atoms with van der Waals surface area (Å²) in [4.78, 5) is 0. The number of hydrogen-bond donors (Lipinski definition) is 2. The molecule has 0 radical (unpaired) electrons. The molecule has 0 aromatic carbocycles. The first-order valence-electron chi connectivity index (χ1n) is 7.37. The van der Waals surface area contributed by atoms with Crippen LogP contribution in [0.3, 0.4) is 0 Å². The minimum atomic E-state index is -0.463. The normalized spacial score (nSPS) is 17.5. The van der Waals surface area contributed by atoms with Gasteiger partial charge in [-0.2, -0.15) is 5.10 Å². The van der Waals surface area contributed by atoms with Crippen LogP contribution in [0.5, 0.6) is 0 Å². The summed E-state index contributed by atoms with van der Waals surface area (Å²) in [6.45, 7) is 4.08. The molecule has 4 nitrogen and oxygen atoms in total. The first-order chi connectivity index (χ1) is 9.11. The molecule has 1 aliphatic rings. The molecule has 108 valence electrons. The standard InChI is InChI=1S/C15H26N2O2/c1-12(2)15(10-18,11-19)9-13-7-8-17(16-13)14-5-3-4-6-14/h7-8,12,14,18-19H,3-6,9-11H2,1-2H3. The Hall–Kier alpha value is -0.870. The molecule has 0 aliphatic heterocycles. The molecular formula is C15H26N2O2. The van der Waals surface area contributed by atoms with Gasteiger partial charge in [0, 0.05) is 18.0 Å². The molecule has 1 aromatic heterocycles. The van der Waals surface area contributed by atoms with Gasteiger partial charge in [-0.05, 0) is 24.8 Å². The van der Waals surface area contributed by atoms with Gasteiger partial charge in [0.2, 0.25) is 0 Å². The third-order valence-corrected chi connectivity index (χ3v) is 4.75. The summed E-state index contributed by atoms with van der Waals surface area (Å²) in [5, 5.41) is 23.9. The van der Waals surface area contributed by atoms with Crippen molar-refractivity contribution in [2.24, 2.45) is 11.3 Å². The molecular weight excluding hydrogens is 240 g/mol. The minimum absolute atomic E-state index is 0.00252. The largest absolute Gasteiger partial charge is 0.396 e. The average Bonchev–Trinajstić information content (AvgIpc) is 3.06. The van der Waals surface area contributed by atoms with Crippen molar-refractivity contribution in [2.75, 3.05) is 13.2 Å². The van der Waals surface area contributed by atoms with Crippen LogP contribution in [0, 0.1) is 11.3 Å². The lowest BCUT2D eigenvalue weighted by atomic mass is 9.75.